The Morgan fingerprint density at radius 3 is 1.49 bits per heavy atom. The molecule has 0 saturated carbocycles. The summed E-state index contributed by atoms with van der Waals surface area (Å²) in [5.74, 6) is -1.46. The molecule has 0 aromatic heterocycles. The van der Waals surface area contributed by atoms with Crippen molar-refractivity contribution < 1.29 is 63.6 Å². The van der Waals surface area contributed by atoms with E-state index in [1.165, 1.54) is 22.4 Å². The number of carboxylic acids is 1. The Kier molecular flexibility index (Phi) is 33.6. The Balaban J connectivity index is -0.000000138. The molecule has 0 atom stereocenters. The van der Waals surface area contributed by atoms with Gasteiger partial charge in [-0.25, -0.2) is 19.4 Å². The Hall–Kier alpha value is -2.82. The summed E-state index contributed by atoms with van der Waals surface area (Å²) in [6.45, 7) is 20.8. The zero-order valence-corrected chi connectivity index (χ0v) is 28.9. The molecule has 0 aliphatic carbocycles. The SMILES string of the molecule is CC(=O)OOC(C)=O.CC(=O)[O-].CC(C)C=O.Cc1ccc(N)c(C)c1.Cc1ccc(NCC(C)C)c(C)c1.[B].[Na+]. The number of carbonyl (C=O) groups is 4. The van der Waals surface area contributed by atoms with Crippen molar-refractivity contribution in [2.45, 2.75) is 76.2 Å². The summed E-state index contributed by atoms with van der Waals surface area (Å²) in [5, 5.41) is 12.3. The predicted octanol–water partition coefficient (Wildman–Crippen LogP) is 1.51. The number of nitrogens with two attached hydrogens (primary N) is 1. The first kappa shape index (κ1) is 47.9. The third-order valence-corrected chi connectivity index (χ3v) is 4.06. The molecule has 0 unspecified atom stereocenters. The third kappa shape index (κ3) is 37.2. The second-order valence-electron chi connectivity index (χ2n) is 9.47. The van der Waals surface area contributed by atoms with E-state index < -0.39 is 17.9 Å². The van der Waals surface area contributed by atoms with Gasteiger partial charge in [-0.1, -0.05) is 63.1 Å². The molecule has 0 aliphatic heterocycles. The first-order valence-electron chi connectivity index (χ1n) is 12.5. The van der Waals surface area contributed by atoms with Crippen molar-refractivity contribution in [2.24, 2.45) is 11.8 Å². The minimum atomic E-state index is -1.08. The van der Waals surface area contributed by atoms with E-state index in [-0.39, 0.29) is 43.9 Å². The van der Waals surface area contributed by atoms with Crippen LogP contribution < -0.4 is 45.7 Å². The maximum absolute atomic E-state index is 9.85. The summed E-state index contributed by atoms with van der Waals surface area (Å²) < 4.78 is 0. The largest absolute Gasteiger partial charge is 1.00 e. The van der Waals surface area contributed by atoms with Crippen LogP contribution in [-0.4, -0.2) is 39.2 Å². The van der Waals surface area contributed by atoms with Gasteiger partial charge in [0.25, 0.3) is 0 Å². The Morgan fingerprint density at radius 2 is 1.22 bits per heavy atom. The standard InChI is InChI=1S/C12H19N.C8H11N.C4H6O4.C4H8O.C2H4O2.B.Na/c1-9(2)8-13-12-6-5-10(3)7-11(12)4;1-6-3-4-8(9)7(2)5-6;1-3(5)7-8-4(2)6;1-4(2)3-5;1-2(3)4;;/h5-7,9,13H,8H2,1-4H3;3-5H,9H2,1-2H3;1-2H3;3-4H,1-2H3;1H3,(H,3,4);;/q;;;;;;+1/p-1. The van der Waals surface area contributed by atoms with Gasteiger partial charge in [-0.15, -0.1) is 0 Å². The first-order valence-corrected chi connectivity index (χ1v) is 12.5. The van der Waals surface area contributed by atoms with Gasteiger partial charge in [0.05, 0.1) is 0 Å². The van der Waals surface area contributed by atoms with Crippen molar-refractivity contribution in [2.75, 3.05) is 17.6 Å². The Labute approximate surface area is 270 Å². The van der Waals surface area contributed by atoms with Gasteiger partial charge in [-0.2, -0.15) is 0 Å². The number of hydrogen-bond donors (Lipinski definition) is 2. The first-order chi connectivity index (χ1) is 17.9. The average molecular weight is 582 g/mol. The molecule has 0 aliphatic rings. The molecular weight excluding hydrogens is 534 g/mol. The maximum Gasteiger partial charge on any atom is 1.00 e. The number of nitrogen functional groups attached to an aromatic ring is 1. The van der Waals surface area contributed by atoms with Gasteiger partial charge in [0.1, 0.15) is 6.29 Å². The van der Waals surface area contributed by atoms with E-state index in [0.717, 1.165) is 44.9 Å². The van der Waals surface area contributed by atoms with Crippen molar-refractivity contribution in [3.05, 3.63) is 58.7 Å². The Morgan fingerprint density at radius 1 is 0.854 bits per heavy atom. The van der Waals surface area contributed by atoms with E-state index in [0.29, 0.717) is 5.92 Å². The van der Waals surface area contributed by atoms with E-state index in [1.54, 1.807) is 0 Å². The normalized spacial score (nSPS) is 8.61. The van der Waals surface area contributed by atoms with Crippen LogP contribution in [-0.2, 0) is 29.0 Å². The number of rotatable bonds is 4. The van der Waals surface area contributed by atoms with Crippen molar-refractivity contribution in [3.63, 3.8) is 0 Å². The monoisotopic (exact) mass is 581 g/mol. The number of nitrogens with one attached hydrogen (secondary N) is 1. The summed E-state index contributed by atoms with van der Waals surface area (Å²) in [6, 6.07) is 12.5. The van der Waals surface area contributed by atoms with Gasteiger partial charge in [-0.05, 0) is 63.8 Å². The molecule has 2 rings (SSSR count). The molecule has 41 heavy (non-hydrogen) atoms. The molecule has 11 heteroatoms. The number of hydrogen-bond acceptors (Lipinski definition) is 9. The van der Waals surface area contributed by atoms with Crippen LogP contribution in [0.1, 0.15) is 70.7 Å². The number of carboxylic acid groups (broad SMARTS) is 1. The van der Waals surface area contributed by atoms with Crippen molar-refractivity contribution in [1.29, 1.82) is 0 Å². The molecule has 0 fully saturated rings. The number of aldehydes is 1. The van der Waals surface area contributed by atoms with Crippen LogP contribution in [0.2, 0.25) is 0 Å². The van der Waals surface area contributed by atoms with Crippen molar-refractivity contribution in [3.8, 4) is 0 Å². The number of aliphatic carboxylic acids is 1. The summed E-state index contributed by atoms with van der Waals surface area (Å²) in [4.78, 5) is 45.7. The quantitative estimate of drug-likeness (QED) is 0.180. The van der Waals surface area contributed by atoms with Gasteiger partial charge in [-0.3, -0.25) is 0 Å². The third-order valence-electron chi connectivity index (χ3n) is 4.06. The van der Waals surface area contributed by atoms with Crippen LogP contribution in [0.25, 0.3) is 0 Å². The second-order valence-corrected chi connectivity index (χ2v) is 9.47. The van der Waals surface area contributed by atoms with Gasteiger partial charge in [0.15, 0.2) is 0 Å². The van der Waals surface area contributed by atoms with E-state index in [1.807, 2.05) is 32.9 Å². The smallest absolute Gasteiger partial charge is 0.550 e. The van der Waals surface area contributed by atoms with E-state index in [4.69, 9.17) is 15.6 Å². The van der Waals surface area contributed by atoms with Crippen LogP contribution >= 0.6 is 0 Å². The molecule has 0 saturated heterocycles. The fourth-order valence-corrected chi connectivity index (χ4v) is 2.27. The minimum Gasteiger partial charge on any atom is -0.550 e. The number of anilines is 2. The summed E-state index contributed by atoms with van der Waals surface area (Å²) in [5.41, 5.74) is 12.8. The zero-order valence-electron chi connectivity index (χ0n) is 26.9. The number of benzene rings is 2. The van der Waals surface area contributed by atoms with E-state index >= 15 is 0 Å². The molecule has 2 aromatic carbocycles. The predicted molar refractivity (Wildman–Crippen MR) is 160 cm³/mol. The van der Waals surface area contributed by atoms with Gasteiger partial charge < -0.3 is 25.7 Å². The Bertz CT molecular complexity index is 998. The summed E-state index contributed by atoms with van der Waals surface area (Å²) in [7, 11) is 0. The fourth-order valence-electron chi connectivity index (χ4n) is 2.27. The van der Waals surface area contributed by atoms with Gasteiger partial charge in [0, 0.05) is 52.1 Å². The molecule has 2 aromatic rings. The van der Waals surface area contributed by atoms with Crippen LogP contribution in [0.3, 0.4) is 0 Å². The fraction of sp³-hybridized carbons (Fsp3) is 0.467. The number of aryl methyl sites for hydroxylation is 4. The molecular formula is C30H47BN2NaO7. The molecule has 9 nitrogen and oxygen atoms in total. The topological polar surface area (TPSA) is 148 Å². The molecule has 0 amide bonds. The zero-order chi connectivity index (χ0) is 31.1. The van der Waals surface area contributed by atoms with Crippen LogP contribution in [0, 0.1) is 39.5 Å². The van der Waals surface area contributed by atoms with Gasteiger partial charge in [0.2, 0.25) is 0 Å². The second kappa shape index (κ2) is 28.7. The molecule has 223 valence electrons. The van der Waals surface area contributed by atoms with E-state index in [2.05, 4.69) is 74.0 Å². The average Bonchev–Trinajstić information content (AvgIpc) is 2.80. The maximum atomic E-state index is 9.85. The van der Waals surface area contributed by atoms with Crippen LogP contribution in [0.15, 0.2) is 36.4 Å². The molecule has 0 heterocycles. The molecule has 0 bridgehead atoms. The molecule has 3 radical (unpaired) electrons. The minimum absolute atomic E-state index is 0. The van der Waals surface area contributed by atoms with E-state index in [9.17, 15) is 14.4 Å². The number of carbonyl (C=O) groups excluding carboxylic acids is 4. The summed E-state index contributed by atoms with van der Waals surface area (Å²) >= 11 is 0. The van der Waals surface area contributed by atoms with Gasteiger partial charge >= 0.3 is 41.5 Å². The van der Waals surface area contributed by atoms with Crippen LogP contribution in [0.4, 0.5) is 11.4 Å². The molecule has 0 spiro atoms. The van der Waals surface area contributed by atoms with Crippen molar-refractivity contribution >= 4 is 44.0 Å². The summed E-state index contributed by atoms with van der Waals surface area (Å²) in [6.07, 6.45) is 0.917. The molecule has 3 N–H and O–H groups in total. The van der Waals surface area contributed by atoms with Crippen LogP contribution in [0.5, 0.6) is 0 Å². The van der Waals surface area contributed by atoms with Crippen molar-refractivity contribution in [1.82, 2.24) is 0 Å².